The molecule has 1 amide bonds. The average Bonchev–Trinajstić information content (AvgIpc) is 3.30. The minimum Gasteiger partial charge on any atom is -0.467 e. The SMILES string of the molecule is CC[C@H](C)c1ccc(NC(=O)COC(=O)c2ccccc2NCc2ccco2)cc1. The molecule has 0 saturated heterocycles. The first kappa shape index (κ1) is 21.2. The summed E-state index contributed by atoms with van der Waals surface area (Å²) >= 11 is 0. The van der Waals surface area contributed by atoms with E-state index in [0.717, 1.165) is 12.2 Å². The van der Waals surface area contributed by atoms with E-state index in [1.54, 1.807) is 30.5 Å². The van der Waals surface area contributed by atoms with Crippen LogP contribution >= 0.6 is 0 Å². The molecule has 2 N–H and O–H groups in total. The van der Waals surface area contributed by atoms with Crippen LogP contribution in [0.1, 0.15) is 47.9 Å². The number of nitrogens with one attached hydrogen (secondary N) is 2. The van der Waals surface area contributed by atoms with Crippen LogP contribution in [0.25, 0.3) is 0 Å². The predicted molar refractivity (Wildman–Crippen MR) is 117 cm³/mol. The summed E-state index contributed by atoms with van der Waals surface area (Å²) in [4.78, 5) is 24.6. The summed E-state index contributed by atoms with van der Waals surface area (Å²) in [7, 11) is 0. The van der Waals surface area contributed by atoms with E-state index in [9.17, 15) is 9.59 Å². The van der Waals surface area contributed by atoms with Gasteiger partial charge in [0.15, 0.2) is 6.61 Å². The highest BCUT2D eigenvalue weighted by Gasteiger charge is 2.15. The van der Waals surface area contributed by atoms with Crippen LogP contribution in [0.5, 0.6) is 0 Å². The van der Waals surface area contributed by atoms with E-state index in [4.69, 9.17) is 9.15 Å². The molecule has 0 unspecified atom stereocenters. The lowest BCUT2D eigenvalue weighted by Crippen LogP contribution is -2.21. The fourth-order valence-corrected chi connectivity index (χ4v) is 2.95. The predicted octanol–water partition coefficient (Wildman–Crippen LogP) is 5.20. The fourth-order valence-electron chi connectivity index (χ4n) is 2.95. The van der Waals surface area contributed by atoms with Crippen molar-refractivity contribution >= 4 is 23.3 Å². The Balaban J connectivity index is 1.53. The van der Waals surface area contributed by atoms with Crippen molar-refractivity contribution in [2.24, 2.45) is 0 Å². The monoisotopic (exact) mass is 406 g/mol. The number of hydrogen-bond acceptors (Lipinski definition) is 5. The van der Waals surface area contributed by atoms with Gasteiger partial charge in [0, 0.05) is 11.4 Å². The van der Waals surface area contributed by atoms with Gasteiger partial charge in [-0.1, -0.05) is 38.1 Å². The van der Waals surface area contributed by atoms with Gasteiger partial charge in [-0.2, -0.15) is 0 Å². The minimum atomic E-state index is -0.570. The molecule has 0 aliphatic rings. The van der Waals surface area contributed by atoms with Crippen molar-refractivity contribution in [3.05, 3.63) is 83.8 Å². The lowest BCUT2D eigenvalue weighted by molar-refractivity contribution is -0.119. The second-order valence-electron chi connectivity index (χ2n) is 7.03. The molecule has 0 saturated carbocycles. The summed E-state index contributed by atoms with van der Waals surface area (Å²) in [5.41, 5.74) is 2.86. The van der Waals surface area contributed by atoms with Crippen molar-refractivity contribution < 1.29 is 18.7 Å². The third kappa shape index (κ3) is 5.73. The van der Waals surface area contributed by atoms with E-state index in [-0.39, 0.29) is 12.5 Å². The van der Waals surface area contributed by atoms with Gasteiger partial charge in [0.1, 0.15) is 5.76 Å². The summed E-state index contributed by atoms with van der Waals surface area (Å²) in [6.07, 6.45) is 2.65. The lowest BCUT2D eigenvalue weighted by atomic mass is 9.99. The van der Waals surface area contributed by atoms with Crippen LogP contribution in [0.2, 0.25) is 0 Å². The van der Waals surface area contributed by atoms with E-state index >= 15 is 0 Å². The maximum Gasteiger partial charge on any atom is 0.340 e. The first-order valence-corrected chi connectivity index (χ1v) is 9.99. The molecule has 2 aromatic carbocycles. The van der Waals surface area contributed by atoms with Gasteiger partial charge in [-0.3, -0.25) is 4.79 Å². The molecule has 0 spiro atoms. The standard InChI is InChI=1S/C24H26N2O4/c1-3-17(2)18-10-12-19(13-11-18)26-23(27)16-30-24(28)21-8-4-5-9-22(21)25-15-20-7-6-14-29-20/h4-14,17,25H,3,15-16H2,1-2H3,(H,26,27)/t17-/m0/s1. The Hall–Kier alpha value is -3.54. The molecule has 1 aromatic heterocycles. The number of carbonyl (C=O) groups is 2. The zero-order valence-corrected chi connectivity index (χ0v) is 17.2. The van der Waals surface area contributed by atoms with Crippen LogP contribution in [-0.4, -0.2) is 18.5 Å². The third-order valence-electron chi connectivity index (χ3n) is 4.89. The number of anilines is 2. The highest BCUT2D eigenvalue weighted by atomic mass is 16.5. The quantitative estimate of drug-likeness (QED) is 0.477. The van der Waals surface area contributed by atoms with Crippen molar-refractivity contribution in [2.45, 2.75) is 32.7 Å². The van der Waals surface area contributed by atoms with Crippen molar-refractivity contribution in [3.8, 4) is 0 Å². The number of amides is 1. The van der Waals surface area contributed by atoms with Crippen molar-refractivity contribution in [1.29, 1.82) is 0 Å². The summed E-state index contributed by atoms with van der Waals surface area (Å²) in [5, 5.41) is 5.90. The molecule has 1 heterocycles. The number of carbonyl (C=O) groups excluding carboxylic acids is 2. The average molecular weight is 406 g/mol. The number of rotatable bonds is 9. The maximum absolute atomic E-state index is 12.5. The second kappa shape index (κ2) is 10.3. The highest BCUT2D eigenvalue weighted by molar-refractivity contribution is 5.98. The van der Waals surface area contributed by atoms with Gasteiger partial charge >= 0.3 is 5.97 Å². The van der Waals surface area contributed by atoms with Gasteiger partial charge in [0.25, 0.3) is 5.91 Å². The number of furan rings is 1. The Morgan fingerprint density at radius 1 is 1.03 bits per heavy atom. The zero-order valence-electron chi connectivity index (χ0n) is 17.2. The van der Waals surface area contributed by atoms with E-state index in [1.165, 1.54) is 5.56 Å². The van der Waals surface area contributed by atoms with Gasteiger partial charge in [-0.05, 0) is 54.3 Å². The van der Waals surface area contributed by atoms with Crippen LogP contribution in [0.4, 0.5) is 11.4 Å². The van der Waals surface area contributed by atoms with E-state index in [0.29, 0.717) is 29.4 Å². The lowest BCUT2D eigenvalue weighted by Gasteiger charge is -2.12. The molecule has 1 atom stereocenters. The summed E-state index contributed by atoms with van der Waals surface area (Å²) < 4.78 is 10.5. The van der Waals surface area contributed by atoms with Crippen LogP contribution in [0.3, 0.4) is 0 Å². The smallest absolute Gasteiger partial charge is 0.340 e. The molecule has 3 aromatic rings. The van der Waals surface area contributed by atoms with Crippen molar-refractivity contribution in [3.63, 3.8) is 0 Å². The van der Waals surface area contributed by atoms with Crippen LogP contribution in [0, 0.1) is 0 Å². The second-order valence-corrected chi connectivity index (χ2v) is 7.03. The summed E-state index contributed by atoms with van der Waals surface area (Å²) in [5.74, 6) is 0.259. The summed E-state index contributed by atoms with van der Waals surface area (Å²) in [6.45, 7) is 4.37. The van der Waals surface area contributed by atoms with Crippen LogP contribution in [0.15, 0.2) is 71.3 Å². The Morgan fingerprint density at radius 3 is 2.50 bits per heavy atom. The molecule has 156 valence electrons. The first-order valence-electron chi connectivity index (χ1n) is 9.99. The molecule has 6 nitrogen and oxygen atoms in total. The number of hydrogen-bond donors (Lipinski definition) is 2. The fraction of sp³-hybridized carbons (Fsp3) is 0.250. The number of benzene rings is 2. The van der Waals surface area contributed by atoms with Gasteiger partial charge in [0.05, 0.1) is 18.4 Å². The molecule has 6 heteroatoms. The van der Waals surface area contributed by atoms with Crippen molar-refractivity contribution in [1.82, 2.24) is 0 Å². The molecule has 0 aliphatic heterocycles. The van der Waals surface area contributed by atoms with E-state index in [2.05, 4.69) is 24.5 Å². The van der Waals surface area contributed by atoms with E-state index in [1.807, 2.05) is 36.4 Å². The Labute approximate surface area is 176 Å². The number of ether oxygens (including phenoxy) is 1. The highest BCUT2D eigenvalue weighted by Crippen LogP contribution is 2.21. The van der Waals surface area contributed by atoms with E-state index < -0.39 is 5.97 Å². The maximum atomic E-state index is 12.5. The Kier molecular flexibility index (Phi) is 7.27. The Bertz CT molecular complexity index is 965. The normalized spacial score (nSPS) is 11.5. The number of esters is 1. The molecule has 0 bridgehead atoms. The first-order chi connectivity index (χ1) is 14.6. The van der Waals surface area contributed by atoms with Crippen LogP contribution in [-0.2, 0) is 16.1 Å². The molecule has 0 radical (unpaired) electrons. The zero-order chi connectivity index (χ0) is 21.3. The molecule has 0 fully saturated rings. The van der Waals surface area contributed by atoms with Gasteiger partial charge in [-0.25, -0.2) is 4.79 Å². The van der Waals surface area contributed by atoms with Crippen LogP contribution < -0.4 is 10.6 Å². The molecule has 3 rings (SSSR count). The molecule has 0 aliphatic carbocycles. The largest absolute Gasteiger partial charge is 0.467 e. The van der Waals surface area contributed by atoms with Gasteiger partial charge in [-0.15, -0.1) is 0 Å². The Morgan fingerprint density at radius 2 is 1.80 bits per heavy atom. The molecular weight excluding hydrogens is 380 g/mol. The van der Waals surface area contributed by atoms with Gasteiger partial charge < -0.3 is 19.8 Å². The van der Waals surface area contributed by atoms with Gasteiger partial charge in [0.2, 0.25) is 0 Å². The number of para-hydroxylation sites is 1. The molecule has 30 heavy (non-hydrogen) atoms. The third-order valence-corrected chi connectivity index (χ3v) is 4.89. The minimum absolute atomic E-state index is 0.356. The summed E-state index contributed by atoms with van der Waals surface area (Å²) in [6, 6.07) is 18.3. The van der Waals surface area contributed by atoms with Crippen molar-refractivity contribution in [2.75, 3.05) is 17.2 Å². The molecular formula is C24H26N2O4. The topological polar surface area (TPSA) is 80.6 Å².